The maximum Gasteiger partial charge on any atom is 0.152 e. The van der Waals surface area contributed by atoms with Gasteiger partial charge in [0.15, 0.2) is 9.84 Å². The molecule has 5 heteroatoms. The summed E-state index contributed by atoms with van der Waals surface area (Å²) >= 11 is 0. The van der Waals surface area contributed by atoms with Crippen LogP contribution in [-0.2, 0) is 14.6 Å². The summed E-state index contributed by atoms with van der Waals surface area (Å²) < 4.78 is 29.3. The van der Waals surface area contributed by atoms with Crippen LogP contribution in [0.2, 0.25) is 0 Å². The van der Waals surface area contributed by atoms with E-state index in [1.807, 2.05) is 38.1 Å². The molecule has 0 bridgehead atoms. The fourth-order valence-electron chi connectivity index (χ4n) is 2.24. The Hall–Kier alpha value is -0.910. The van der Waals surface area contributed by atoms with Crippen LogP contribution in [-0.4, -0.2) is 40.2 Å². The van der Waals surface area contributed by atoms with Gasteiger partial charge in [0, 0.05) is 19.8 Å². The van der Waals surface area contributed by atoms with E-state index in [2.05, 4.69) is 5.32 Å². The van der Waals surface area contributed by atoms with Gasteiger partial charge in [0.05, 0.1) is 11.5 Å². The maximum atomic E-state index is 12.2. The van der Waals surface area contributed by atoms with Gasteiger partial charge in [-0.15, -0.1) is 0 Å². The number of sulfone groups is 1. The summed E-state index contributed by atoms with van der Waals surface area (Å²) in [5.74, 6) is 0.310. The lowest BCUT2D eigenvalue weighted by atomic mass is 10.0. The van der Waals surface area contributed by atoms with E-state index in [1.54, 1.807) is 7.11 Å². The Bertz CT molecular complexity index is 500. The van der Waals surface area contributed by atoms with Crippen molar-refractivity contribution < 1.29 is 13.2 Å². The highest BCUT2D eigenvalue weighted by atomic mass is 32.2. The molecule has 1 rings (SSSR count). The SMILES string of the molecule is CCNC(CS(=O)(=O)CCCOC)c1ccccc1C. The molecule has 114 valence electrons. The minimum absolute atomic E-state index is 0.134. The molecule has 0 heterocycles. The summed E-state index contributed by atoms with van der Waals surface area (Å²) in [6.45, 7) is 5.22. The fraction of sp³-hybridized carbons (Fsp3) is 0.600. The van der Waals surface area contributed by atoms with Gasteiger partial charge in [0.25, 0.3) is 0 Å². The molecule has 1 aromatic rings. The van der Waals surface area contributed by atoms with Gasteiger partial charge in [0.2, 0.25) is 0 Å². The molecule has 0 aliphatic carbocycles. The molecule has 1 atom stereocenters. The molecule has 0 saturated carbocycles. The van der Waals surface area contributed by atoms with Gasteiger partial charge in [-0.25, -0.2) is 8.42 Å². The summed E-state index contributed by atoms with van der Waals surface area (Å²) in [6.07, 6.45) is 0.547. The zero-order valence-electron chi connectivity index (χ0n) is 12.6. The third-order valence-corrected chi connectivity index (χ3v) is 4.99. The average molecular weight is 299 g/mol. The van der Waals surface area contributed by atoms with Gasteiger partial charge in [-0.2, -0.15) is 0 Å². The van der Waals surface area contributed by atoms with Crippen LogP contribution in [0, 0.1) is 6.92 Å². The first-order valence-electron chi connectivity index (χ1n) is 6.98. The minimum atomic E-state index is -3.08. The van der Waals surface area contributed by atoms with Crippen molar-refractivity contribution in [2.24, 2.45) is 0 Å². The van der Waals surface area contributed by atoms with Crippen molar-refractivity contribution in [3.63, 3.8) is 0 Å². The molecule has 0 aromatic heterocycles. The van der Waals surface area contributed by atoms with Crippen LogP contribution in [0.4, 0.5) is 0 Å². The first-order chi connectivity index (χ1) is 9.50. The third-order valence-electron chi connectivity index (χ3n) is 3.24. The smallest absolute Gasteiger partial charge is 0.152 e. The number of methoxy groups -OCH3 is 1. The molecule has 4 nitrogen and oxygen atoms in total. The fourth-order valence-corrected chi connectivity index (χ4v) is 3.77. The highest BCUT2D eigenvalue weighted by Crippen LogP contribution is 2.19. The topological polar surface area (TPSA) is 55.4 Å². The summed E-state index contributed by atoms with van der Waals surface area (Å²) in [5.41, 5.74) is 2.18. The van der Waals surface area contributed by atoms with Crippen molar-refractivity contribution in [3.8, 4) is 0 Å². The molecule has 0 aliphatic rings. The van der Waals surface area contributed by atoms with Gasteiger partial charge in [-0.3, -0.25) is 0 Å². The van der Waals surface area contributed by atoms with Crippen molar-refractivity contribution in [1.82, 2.24) is 5.32 Å². The standard InChI is InChI=1S/C15H25NO3S/c1-4-16-15(14-9-6-5-8-13(14)2)12-20(17,18)11-7-10-19-3/h5-6,8-9,15-16H,4,7,10-12H2,1-3H3. The lowest BCUT2D eigenvalue weighted by Crippen LogP contribution is -2.30. The number of benzene rings is 1. The zero-order valence-corrected chi connectivity index (χ0v) is 13.4. The Kier molecular flexibility index (Phi) is 7.19. The van der Waals surface area contributed by atoms with Crippen LogP contribution < -0.4 is 5.32 Å². The predicted octanol–water partition coefficient (Wildman–Crippen LogP) is 2.10. The largest absolute Gasteiger partial charge is 0.385 e. The molecule has 0 saturated heterocycles. The van der Waals surface area contributed by atoms with Gasteiger partial charge in [0.1, 0.15) is 0 Å². The molecule has 1 N–H and O–H groups in total. The van der Waals surface area contributed by atoms with E-state index >= 15 is 0 Å². The van der Waals surface area contributed by atoms with Gasteiger partial charge in [-0.1, -0.05) is 31.2 Å². The van der Waals surface area contributed by atoms with Crippen molar-refractivity contribution in [2.45, 2.75) is 26.3 Å². The molecule has 0 aliphatic heterocycles. The first kappa shape index (κ1) is 17.1. The molecule has 0 fully saturated rings. The molecule has 1 aromatic carbocycles. The van der Waals surface area contributed by atoms with Gasteiger partial charge in [-0.05, 0) is 31.0 Å². The Morgan fingerprint density at radius 3 is 2.60 bits per heavy atom. The van der Waals surface area contributed by atoms with Crippen LogP contribution in [0.5, 0.6) is 0 Å². The summed E-state index contributed by atoms with van der Waals surface area (Å²) in [4.78, 5) is 0. The van der Waals surface area contributed by atoms with E-state index in [0.29, 0.717) is 13.0 Å². The lowest BCUT2D eigenvalue weighted by molar-refractivity contribution is 0.199. The second kappa shape index (κ2) is 8.39. The van der Waals surface area contributed by atoms with E-state index in [1.165, 1.54) is 0 Å². The van der Waals surface area contributed by atoms with Crippen molar-refractivity contribution in [3.05, 3.63) is 35.4 Å². The molecular formula is C15H25NO3S. The van der Waals surface area contributed by atoms with Gasteiger partial charge >= 0.3 is 0 Å². The van der Waals surface area contributed by atoms with E-state index in [4.69, 9.17) is 4.74 Å². The molecular weight excluding hydrogens is 274 g/mol. The van der Waals surface area contributed by atoms with Crippen LogP contribution >= 0.6 is 0 Å². The highest BCUT2D eigenvalue weighted by Gasteiger charge is 2.20. The molecule has 0 amide bonds. The number of ether oxygens (including phenoxy) is 1. The van der Waals surface area contributed by atoms with Crippen molar-refractivity contribution in [1.29, 1.82) is 0 Å². The monoisotopic (exact) mass is 299 g/mol. The predicted molar refractivity (Wildman–Crippen MR) is 82.7 cm³/mol. The van der Waals surface area contributed by atoms with Crippen LogP contribution in [0.3, 0.4) is 0 Å². The number of nitrogens with one attached hydrogen (secondary N) is 1. The number of rotatable bonds is 9. The van der Waals surface area contributed by atoms with Gasteiger partial charge < -0.3 is 10.1 Å². The maximum absolute atomic E-state index is 12.2. The van der Waals surface area contributed by atoms with Crippen molar-refractivity contribution in [2.75, 3.05) is 31.8 Å². The molecule has 1 unspecified atom stereocenters. The molecule has 0 radical (unpaired) electrons. The Balaban J connectivity index is 2.80. The Morgan fingerprint density at radius 2 is 2.00 bits per heavy atom. The highest BCUT2D eigenvalue weighted by molar-refractivity contribution is 7.91. The van der Waals surface area contributed by atoms with Crippen molar-refractivity contribution >= 4 is 9.84 Å². The quantitative estimate of drug-likeness (QED) is 0.710. The van der Waals surface area contributed by atoms with Crippen LogP contribution in [0.15, 0.2) is 24.3 Å². The average Bonchev–Trinajstić information content (AvgIpc) is 2.39. The summed E-state index contributed by atoms with van der Waals surface area (Å²) in [6, 6.07) is 7.78. The second-order valence-electron chi connectivity index (χ2n) is 4.93. The summed E-state index contributed by atoms with van der Waals surface area (Å²) in [7, 11) is -1.50. The van der Waals surface area contributed by atoms with E-state index in [9.17, 15) is 8.42 Å². The summed E-state index contributed by atoms with van der Waals surface area (Å²) in [5, 5.41) is 3.28. The zero-order chi connectivity index (χ0) is 15.0. The Labute approximate surface area is 122 Å². The second-order valence-corrected chi connectivity index (χ2v) is 7.16. The Morgan fingerprint density at radius 1 is 1.30 bits per heavy atom. The number of aryl methyl sites for hydroxylation is 1. The van der Waals surface area contributed by atoms with Crippen LogP contribution in [0.1, 0.15) is 30.5 Å². The minimum Gasteiger partial charge on any atom is -0.385 e. The molecule has 20 heavy (non-hydrogen) atoms. The number of hydrogen-bond acceptors (Lipinski definition) is 4. The molecule has 0 spiro atoms. The normalized spacial score (nSPS) is 13.3. The first-order valence-corrected chi connectivity index (χ1v) is 8.80. The number of hydrogen-bond donors (Lipinski definition) is 1. The van der Waals surface area contributed by atoms with E-state index < -0.39 is 9.84 Å². The third kappa shape index (κ3) is 5.61. The lowest BCUT2D eigenvalue weighted by Gasteiger charge is -2.20. The van der Waals surface area contributed by atoms with E-state index in [0.717, 1.165) is 17.7 Å². The van der Waals surface area contributed by atoms with E-state index in [-0.39, 0.29) is 17.5 Å². The van der Waals surface area contributed by atoms with Crippen LogP contribution in [0.25, 0.3) is 0 Å².